The van der Waals surface area contributed by atoms with Crippen molar-refractivity contribution >= 4 is 29.1 Å². The molecule has 2 fully saturated rings. The summed E-state index contributed by atoms with van der Waals surface area (Å²) in [5.74, 6) is 0.697. The number of nitrogens with zero attached hydrogens (tertiary/aromatic N) is 1. The van der Waals surface area contributed by atoms with Gasteiger partial charge >= 0.3 is 0 Å². The Hall–Kier alpha value is -1.55. The topological polar surface area (TPSA) is 49.4 Å². The van der Waals surface area contributed by atoms with Crippen molar-refractivity contribution in [2.45, 2.75) is 71.4 Å². The number of rotatable bonds is 3. The van der Waals surface area contributed by atoms with Gasteiger partial charge in [-0.25, -0.2) is 0 Å². The quantitative estimate of drug-likeness (QED) is 0.840. The molecule has 26 heavy (non-hydrogen) atoms. The van der Waals surface area contributed by atoms with Crippen LogP contribution in [0.25, 0.3) is 0 Å². The number of carbonyl (C=O) groups is 2. The first kappa shape index (κ1) is 19.2. The molecule has 5 heteroatoms. The van der Waals surface area contributed by atoms with E-state index in [2.05, 4.69) is 26.1 Å². The fourth-order valence-corrected chi connectivity index (χ4v) is 4.38. The summed E-state index contributed by atoms with van der Waals surface area (Å²) in [5.41, 5.74) is 1.08. The molecule has 1 aromatic rings. The maximum atomic E-state index is 12.9. The van der Waals surface area contributed by atoms with Gasteiger partial charge in [0, 0.05) is 23.2 Å². The molecule has 1 aliphatic carbocycles. The van der Waals surface area contributed by atoms with Crippen LogP contribution in [0.4, 0.5) is 5.69 Å². The van der Waals surface area contributed by atoms with Crippen LogP contribution >= 0.6 is 11.6 Å². The first-order valence-corrected chi connectivity index (χ1v) is 10.0. The summed E-state index contributed by atoms with van der Waals surface area (Å²) in [6.07, 6.45) is 5.34. The first-order chi connectivity index (χ1) is 12.3. The minimum Gasteiger partial charge on any atom is -0.352 e. The summed E-state index contributed by atoms with van der Waals surface area (Å²) in [6, 6.07) is 6.94. The summed E-state index contributed by atoms with van der Waals surface area (Å²) in [7, 11) is 0. The molecule has 1 aliphatic heterocycles. The van der Waals surface area contributed by atoms with Crippen molar-refractivity contribution < 1.29 is 9.59 Å². The average Bonchev–Trinajstić information content (AvgIpc) is 2.97. The largest absolute Gasteiger partial charge is 0.352 e. The zero-order valence-corrected chi connectivity index (χ0v) is 16.7. The van der Waals surface area contributed by atoms with Crippen molar-refractivity contribution in [2.24, 2.45) is 11.3 Å². The summed E-state index contributed by atoms with van der Waals surface area (Å²) in [6.45, 7) is 6.89. The maximum absolute atomic E-state index is 12.9. The van der Waals surface area contributed by atoms with Crippen molar-refractivity contribution in [3.8, 4) is 0 Å². The van der Waals surface area contributed by atoms with Gasteiger partial charge in [-0.3, -0.25) is 14.5 Å². The van der Waals surface area contributed by atoms with E-state index in [4.69, 9.17) is 11.6 Å². The fourth-order valence-electron chi connectivity index (χ4n) is 4.26. The van der Waals surface area contributed by atoms with E-state index in [1.165, 1.54) is 0 Å². The number of amides is 2. The van der Waals surface area contributed by atoms with Crippen molar-refractivity contribution in [1.82, 2.24) is 5.32 Å². The molecule has 4 nitrogen and oxygen atoms in total. The van der Waals surface area contributed by atoms with Crippen molar-refractivity contribution in [2.75, 3.05) is 4.90 Å². The second kappa shape index (κ2) is 7.59. The minimum atomic E-state index is -0.413. The number of nitrogens with one attached hydrogen (secondary N) is 1. The third kappa shape index (κ3) is 4.22. The number of anilines is 1. The molecular weight excluding hydrogens is 348 g/mol. The molecule has 1 N–H and O–H groups in total. The number of hydrogen-bond donors (Lipinski definition) is 1. The Morgan fingerprint density at radius 3 is 2.27 bits per heavy atom. The Balaban J connectivity index is 1.62. The molecule has 1 saturated carbocycles. The smallest absolute Gasteiger partial charge is 0.243 e. The van der Waals surface area contributed by atoms with Crippen LogP contribution in [0.2, 0.25) is 5.02 Å². The third-order valence-electron chi connectivity index (χ3n) is 5.92. The number of hydrogen-bond acceptors (Lipinski definition) is 2. The second-order valence-electron chi connectivity index (χ2n) is 8.72. The Bertz CT molecular complexity index is 658. The van der Waals surface area contributed by atoms with Gasteiger partial charge in [0.05, 0.1) is 0 Å². The van der Waals surface area contributed by atoms with E-state index < -0.39 is 6.04 Å². The molecule has 0 aromatic heterocycles. The van der Waals surface area contributed by atoms with E-state index in [0.717, 1.165) is 31.4 Å². The molecular formula is C21H29ClN2O2. The molecule has 0 spiro atoms. The summed E-state index contributed by atoms with van der Waals surface area (Å²) >= 11 is 5.94. The zero-order valence-electron chi connectivity index (χ0n) is 15.9. The third-order valence-corrected chi connectivity index (χ3v) is 6.17. The molecule has 1 unspecified atom stereocenters. The lowest BCUT2D eigenvalue weighted by molar-refractivity contribution is -0.124. The van der Waals surface area contributed by atoms with Crippen LogP contribution < -0.4 is 10.2 Å². The summed E-state index contributed by atoms with van der Waals surface area (Å²) in [4.78, 5) is 26.8. The number of benzene rings is 1. The molecule has 2 amide bonds. The van der Waals surface area contributed by atoms with Gasteiger partial charge in [0.15, 0.2) is 0 Å². The van der Waals surface area contributed by atoms with Crippen LogP contribution in [0.15, 0.2) is 24.3 Å². The predicted molar refractivity (Wildman–Crippen MR) is 105 cm³/mol. The van der Waals surface area contributed by atoms with Crippen molar-refractivity contribution in [3.63, 3.8) is 0 Å². The highest BCUT2D eigenvalue weighted by Gasteiger charge is 2.38. The predicted octanol–water partition coefficient (Wildman–Crippen LogP) is 4.56. The SMILES string of the molecule is CC(C)(C)C1CCC(NC(=O)C2CCC(=O)N2c2ccc(Cl)cc2)CC1. The molecule has 1 heterocycles. The van der Waals surface area contributed by atoms with Gasteiger partial charge in [-0.1, -0.05) is 32.4 Å². The highest BCUT2D eigenvalue weighted by atomic mass is 35.5. The normalized spacial score (nSPS) is 26.8. The van der Waals surface area contributed by atoms with Crippen LogP contribution in [0.3, 0.4) is 0 Å². The van der Waals surface area contributed by atoms with E-state index >= 15 is 0 Å². The zero-order chi connectivity index (χ0) is 18.9. The standard InChI is InChI=1S/C21H29ClN2O2/c1-21(2,3)14-4-8-16(9-5-14)23-20(26)18-12-13-19(25)24(18)17-10-6-15(22)7-11-17/h6-7,10-11,14,16,18H,4-5,8-9,12-13H2,1-3H3,(H,23,26). The minimum absolute atomic E-state index is 0.00362. The molecule has 1 saturated heterocycles. The first-order valence-electron chi connectivity index (χ1n) is 9.63. The molecule has 1 aromatic carbocycles. The van der Waals surface area contributed by atoms with Crippen molar-refractivity contribution in [3.05, 3.63) is 29.3 Å². The van der Waals surface area contributed by atoms with Crippen LogP contribution in [0.1, 0.15) is 59.3 Å². The Morgan fingerprint density at radius 2 is 1.69 bits per heavy atom. The Kier molecular flexibility index (Phi) is 5.61. The van der Waals surface area contributed by atoms with Crippen LogP contribution in [-0.2, 0) is 9.59 Å². The van der Waals surface area contributed by atoms with Crippen molar-refractivity contribution in [1.29, 1.82) is 0 Å². The molecule has 0 bridgehead atoms. The van der Waals surface area contributed by atoms with Gasteiger partial charge in [-0.05, 0) is 67.7 Å². The van der Waals surface area contributed by atoms with Gasteiger partial charge in [-0.2, -0.15) is 0 Å². The molecule has 142 valence electrons. The molecule has 3 rings (SSSR count). The Labute approximate surface area is 161 Å². The molecule has 0 radical (unpaired) electrons. The summed E-state index contributed by atoms with van der Waals surface area (Å²) in [5, 5.41) is 3.83. The van der Waals surface area contributed by atoms with Gasteiger partial charge in [0.25, 0.3) is 0 Å². The Morgan fingerprint density at radius 1 is 1.08 bits per heavy atom. The lowest BCUT2D eigenvalue weighted by Gasteiger charge is -2.37. The van der Waals surface area contributed by atoms with Gasteiger partial charge in [0.1, 0.15) is 6.04 Å². The average molecular weight is 377 g/mol. The second-order valence-corrected chi connectivity index (χ2v) is 9.15. The molecule has 2 aliphatic rings. The van der Waals surface area contributed by atoms with Gasteiger partial charge < -0.3 is 5.32 Å². The van der Waals surface area contributed by atoms with Gasteiger partial charge in [-0.15, -0.1) is 0 Å². The van der Waals surface area contributed by atoms with Crippen LogP contribution in [0.5, 0.6) is 0 Å². The van der Waals surface area contributed by atoms with Crippen LogP contribution in [-0.4, -0.2) is 23.9 Å². The molecule has 1 atom stereocenters. The number of halogens is 1. The lowest BCUT2D eigenvalue weighted by Crippen LogP contribution is -2.49. The fraction of sp³-hybridized carbons (Fsp3) is 0.619. The van der Waals surface area contributed by atoms with E-state index in [-0.39, 0.29) is 17.9 Å². The summed E-state index contributed by atoms with van der Waals surface area (Å²) < 4.78 is 0. The van der Waals surface area contributed by atoms with E-state index in [0.29, 0.717) is 29.2 Å². The number of carbonyl (C=O) groups excluding carboxylic acids is 2. The monoisotopic (exact) mass is 376 g/mol. The lowest BCUT2D eigenvalue weighted by atomic mass is 9.71. The highest BCUT2D eigenvalue weighted by molar-refractivity contribution is 6.30. The van der Waals surface area contributed by atoms with Crippen LogP contribution in [0, 0.1) is 11.3 Å². The highest BCUT2D eigenvalue weighted by Crippen LogP contribution is 2.38. The van der Waals surface area contributed by atoms with Gasteiger partial charge in [0.2, 0.25) is 11.8 Å². The van der Waals surface area contributed by atoms with E-state index in [1.807, 2.05) is 0 Å². The maximum Gasteiger partial charge on any atom is 0.243 e. The van der Waals surface area contributed by atoms with E-state index in [9.17, 15) is 9.59 Å². The van der Waals surface area contributed by atoms with E-state index in [1.54, 1.807) is 29.2 Å².